The standard InChI is InChI=1S/C21H25FN2O4S/c1-23(14-16-6-3-4-8-20(16)28-2)21(25)17-7-5-13-24(15-17)29(26,27)19-11-9-18(22)10-12-19/h3-4,6,8-12,17H,5,7,13-15H2,1-2H3/t17-/m1/s1. The van der Waals surface area contributed by atoms with Gasteiger partial charge in [-0.3, -0.25) is 4.79 Å². The molecule has 29 heavy (non-hydrogen) atoms. The first-order valence-electron chi connectivity index (χ1n) is 9.45. The molecule has 0 unspecified atom stereocenters. The molecule has 1 amide bonds. The van der Waals surface area contributed by atoms with Crippen LogP contribution in [-0.2, 0) is 21.4 Å². The van der Waals surface area contributed by atoms with Gasteiger partial charge in [-0.2, -0.15) is 4.31 Å². The molecule has 2 aromatic carbocycles. The van der Waals surface area contributed by atoms with Crippen LogP contribution in [0.3, 0.4) is 0 Å². The summed E-state index contributed by atoms with van der Waals surface area (Å²) in [4.78, 5) is 14.6. The lowest BCUT2D eigenvalue weighted by Crippen LogP contribution is -2.45. The number of nitrogens with zero attached hydrogens (tertiary/aromatic N) is 2. The molecule has 0 radical (unpaired) electrons. The largest absolute Gasteiger partial charge is 0.496 e. The zero-order valence-corrected chi connectivity index (χ0v) is 17.4. The highest BCUT2D eigenvalue weighted by Crippen LogP contribution is 2.26. The Balaban J connectivity index is 1.71. The number of ether oxygens (including phenoxy) is 1. The lowest BCUT2D eigenvalue weighted by Gasteiger charge is -2.33. The summed E-state index contributed by atoms with van der Waals surface area (Å²) in [5.41, 5.74) is 0.887. The third-order valence-electron chi connectivity index (χ3n) is 5.16. The topological polar surface area (TPSA) is 66.9 Å². The molecule has 1 heterocycles. The number of methoxy groups -OCH3 is 1. The smallest absolute Gasteiger partial charge is 0.243 e. The second kappa shape index (κ2) is 8.92. The van der Waals surface area contributed by atoms with E-state index in [-0.39, 0.29) is 17.3 Å². The summed E-state index contributed by atoms with van der Waals surface area (Å²) in [6, 6.07) is 12.2. The normalized spacial score (nSPS) is 17.7. The molecular formula is C21H25FN2O4S. The lowest BCUT2D eigenvalue weighted by atomic mass is 9.98. The number of carbonyl (C=O) groups is 1. The number of hydrogen-bond acceptors (Lipinski definition) is 4. The van der Waals surface area contributed by atoms with Crippen molar-refractivity contribution in [1.82, 2.24) is 9.21 Å². The molecule has 0 N–H and O–H groups in total. The van der Waals surface area contributed by atoms with Gasteiger partial charge in [0.2, 0.25) is 15.9 Å². The van der Waals surface area contributed by atoms with Gasteiger partial charge in [0.05, 0.1) is 17.9 Å². The Bertz CT molecular complexity index is 963. The van der Waals surface area contributed by atoms with Gasteiger partial charge in [-0.15, -0.1) is 0 Å². The summed E-state index contributed by atoms with van der Waals surface area (Å²) in [5.74, 6) is -0.307. The van der Waals surface area contributed by atoms with Gasteiger partial charge in [0, 0.05) is 32.2 Å². The zero-order chi connectivity index (χ0) is 21.0. The number of para-hydroxylation sites is 1. The molecule has 1 aliphatic rings. The summed E-state index contributed by atoms with van der Waals surface area (Å²) in [5, 5.41) is 0. The van der Waals surface area contributed by atoms with Crippen LogP contribution in [0.5, 0.6) is 5.75 Å². The maximum absolute atomic E-state index is 13.1. The van der Waals surface area contributed by atoms with Crippen LogP contribution in [0.15, 0.2) is 53.4 Å². The maximum Gasteiger partial charge on any atom is 0.243 e. The van der Waals surface area contributed by atoms with Crippen LogP contribution in [0.4, 0.5) is 4.39 Å². The van der Waals surface area contributed by atoms with Gasteiger partial charge in [-0.25, -0.2) is 12.8 Å². The van der Waals surface area contributed by atoms with Crippen molar-refractivity contribution >= 4 is 15.9 Å². The summed E-state index contributed by atoms with van der Waals surface area (Å²) >= 11 is 0. The third kappa shape index (κ3) is 4.76. The highest BCUT2D eigenvalue weighted by molar-refractivity contribution is 7.89. The molecule has 1 saturated heterocycles. The number of halogens is 1. The minimum Gasteiger partial charge on any atom is -0.496 e. The molecule has 156 valence electrons. The molecule has 6 nitrogen and oxygen atoms in total. The van der Waals surface area contributed by atoms with E-state index in [0.29, 0.717) is 31.7 Å². The first-order valence-corrected chi connectivity index (χ1v) is 10.9. The van der Waals surface area contributed by atoms with Crippen molar-refractivity contribution in [2.24, 2.45) is 5.92 Å². The van der Waals surface area contributed by atoms with Gasteiger partial charge < -0.3 is 9.64 Å². The van der Waals surface area contributed by atoms with Gasteiger partial charge in [0.25, 0.3) is 0 Å². The molecule has 0 saturated carbocycles. The number of piperidine rings is 1. The predicted octanol–water partition coefficient (Wildman–Crippen LogP) is 2.89. The fourth-order valence-corrected chi connectivity index (χ4v) is 5.12. The Kier molecular flexibility index (Phi) is 6.54. The Labute approximate surface area is 170 Å². The van der Waals surface area contributed by atoms with E-state index in [1.54, 1.807) is 19.1 Å². The molecule has 1 atom stereocenters. The summed E-state index contributed by atoms with van der Waals surface area (Å²) in [7, 11) is -0.471. The first-order chi connectivity index (χ1) is 13.8. The summed E-state index contributed by atoms with van der Waals surface area (Å²) in [6.07, 6.45) is 1.23. The van der Waals surface area contributed by atoms with Crippen LogP contribution in [0.25, 0.3) is 0 Å². The Morgan fingerprint density at radius 2 is 1.90 bits per heavy atom. The Morgan fingerprint density at radius 1 is 1.21 bits per heavy atom. The Hall–Kier alpha value is -2.45. The number of hydrogen-bond donors (Lipinski definition) is 0. The number of amides is 1. The third-order valence-corrected chi connectivity index (χ3v) is 7.04. The molecule has 8 heteroatoms. The highest BCUT2D eigenvalue weighted by Gasteiger charge is 2.34. The SMILES string of the molecule is COc1ccccc1CN(C)C(=O)[C@@H]1CCCN(S(=O)(=O)c2ccc(F)cc2)C1. The molecule has 1 fully saturated rings. The van der Waals surface area contributed by atoms with Crippen molar-refractivity contribution < 1.29 is 22.3 Å². The van der Waals surface area contributed by atoms with E-state index in [9.17, 15) is 17.6 Å². The Morgan fingerprint density at radius 3 is 2.59 bits per heavy atom. The van der Waals surface area contributed by atoms with E-state index < -0.39 is 21.8 Å². The summed E-state index contributed by atoms with van der Waals surface area (Å²) < 4.78 is 45.5. The van der Waals surface area contributed by atoms with E-state index in [1.807, 2.05) is 24.3 Å². The molecule has 1 aliphatic heterocycles. The molecule has 0 aromatic heterocycles. The van der Waals surface area contributed by atoms with Crippen LogP contribution >= 0.6 is 0 Å². The highest BCUT2D eigenvalue weighted by atomic mass is 32.2. The number of rotatable bonds is 6. The van der Waals surface area contributed by atoms with E-state index in [1.165, 1.54) is 16.4 Å². The van der Waals surface area contributed by atoms with E-state index in [0.717, 1.165) is 17.7 Å². The van der Waals surface area contributed by atoms with Crippen LogP contribution in [0.2, 0.25) is 0 Å². The second-order valence-corrected chi connectivity index (χ2v) is 9.10. The minimum absolute atomic E-state index is 0.0365. The predicted molar refractivity (Wildman–Crippen MR) is 107 cm³/mol. The molecule has 0 aliphatic carbocycles. The van der Waals surface area contributed by atoms with Crippen molar-refractivity contribution in [2.75, 3.05) is 27.2 Å². The fourth-order valence-electron chi connectivity index (χ4n) is 3.60. The van der Waals surface area contributed by atoms with Crippen LogP contribution < -0.4 is 4.74 Å². The number of carbonyl (C=O) groups excluding carboxylic acids is 1. The van der Waals surface area contributed by atoms with Crippen LogP contribution in [-0.4, -0.2) is 50.8 Å². The first kappa shape index (κ1) is 21.3. The van der Waals surface area contributed by atoms with Crippen molar-refractivity contribution in [3.63, 3.8) is 0 Å². The average Bonchev–Trinajstić information content (AvgIpc) is 2.74. The van der Waals surface area contributed by atoms with Crippen LogP contribution in [0.1, 0.15) is 18.4 Å². The average molecular weight is 421 g/mol. The minimum atomic E-state index is -3.76. The van der Waals surface area contributed by atoms with Gasteiger partial charge in [-0.1, -0.05) is 18.2 Å². The molecule has 0 bridgehead atoms. The van der Waals surface area contributed by atoms with E-state index in [2.05, 4.69) is 0 Å². The molecule has 0 spiro atoms. The van der Waals surface area contributed by atoms with Gasteiger partial charge in [-0.05, 0) is 43.2 Å². The molecule has 3 rings (SSSR count). The summed E-state index contributed by atoms with van der Waals surface area (Å²) in [6.45, 7) is 0.846. The second-order valence-electron chi connectivity index (χ2n) is 7.16. The number of sulfonamides is 1. The fraction of sp³-hybridized carbons (Fsp3) is 0.381. The molecule has 2 aromatic rings. The van der Waals surface area contributed by atoms with Gasteiger partial charge in [0.15, 0.2) is 0 Å². The van der Waals surface area contributed by atoms with Crippen molar-refractivity contribution in [3.8, 4) is 5.75 Å². The quantitative estimate of drug-likeness (QED) is 0.721. The van der Waals surface area contributed by atoms with Crippen molar-refractivity contribution in [1.29, 1.82) is 0 Å². The van der Waals surface area contributed by atoms with Gasteiger partial charge in [0.1, 0.15) is 11.6 Å². The molecular weight excluding hydrogens is 395 g/mol. The lowest BCUT2D eigenvalue weighted by molar-refractivity contribution is -0.135. The van der Waals surface area contributed by atoms with E-state index in [4.69, 9.17) is 4.74 Å². The maximum atomic E-state index is 13.1. The van der Waals surface area contributed by atoms with Crippen molar-refractivity contribution in [2.45, 2.75) is 24.3 Å². The monoisotopic (exact) mass is 420 g/mol. The van der Waals surface area contributed by atoms with Crippen molar-refractivity contribution in [3.05, 3.63) is 59.9 Å². The van der Waals surface area contributed by atoms with Gasteiger partial charge >= 0.3 is 0 Å². The van der Waals surface area contributed by atoms with E-state index >= 15 is 0 Å². The zero-order valence-electron chi connectivity index (χ0n) is 16.5. The van der Waals surface area contributed by atoms with Crippen LogP contribution in [0, 0.1) is 11.7 Å². The number of benzene rings is 2.